The summed E-state index contributed by atoms with van der Waals surface area (Å²) in [6.45, 7) is 4.22. The van der Waals surface area contributed by atoms with Gasteiger partial charge in [0.15, 0.2) is 0 Å². The van der Waals surface area contributed by atoms with E-state index in [2.05, 4.69) is 27.9 Å². The number of nitrogens with zero attached hydrogens (tertiary/aromatic N) is 1. The van der Waals surface area contributed by atoms with Gasteiger partial charge in [0.2, 0.25) is 0 Å². The first-order chi connectivity index (χ1) is 8.06. The van der Waals surface area contributed by atoms with Crippen molar-refractivity contribution >= 4 is 21.6 Å². The van der Waals surface area contributed by atoms with Gasteiger partial charge in [-0.05, 0) is 60.4 Å². The number of piperidine rings is 1. The molecule has 1 heterocycles. The van der Waals surface area contributed by atoms with Gasteiger partial charge in [-0.3, -0.25) is 0 Å². The van der Waals surface area contributed by atoms with Crippen molar-refractivity contribution in [2.45, 2.75) is 25.9 Å². The van der Waals surface area contributed by atoms with E-state index >= 15 is 0 Å². The lowest BCUT2D eigenvalue weighted by Gasteiger charge is -2.29. The van der Waals surface area contributed by atoms with Crippen LogP contribution in [-0.4, -0.2) is 31.1 Å². The number of benzene rings is 1. The van der Waals surface area contributed by atoms with E-state index in [1.807, 2.05) is 19.1 Å². The van der Waals surface area contributed by atoms with Gasteiger partial charge in [0, 0.05) is 18.8 Å². The molecule has 0 aliphatic carbocycles. The quantitative estimate of drug-likeness (QED) is 0.853. The van der Waals surface area contributed by atoms with E-state index in [4.69, 9.17) is 10.5 Å². The third-order valence-electron chi connectivity index (χ3n) is 3.28. The van der Waals surface area contributed by atoms with Gasteiger partial charge in [-0.1, -0.05) is 0 Å². The van der Waals surface area contributed by atoms with Crippen LogP contribution in [0.5, 0.6) is 5.75 Å². The average molecular weight is 299 g/mol. The average Bonchev–Trinajstić information content (AvgIpc) is 2.29. The van der Waals surface area contributed by atoms with E-state index < -0.39 is 0 Å². The molecule has 94 valence electrons. The molecule has 1 fully saturated rings. The SMILES string of the molecule is Cc1cc(OC2CCN(C)CC2)c(Br)cc1N. The van der Waals surface area contributed by atoms with Crippen molar-refractivity contribution in [2.75, 3.05) is 25.9 Å². The maximum absolute atomic E-state index is 6.04. The number of nitrogen functional groups attached to an aromatic ring is 1. The summed E-state index contributed by atoms with van der Waals surface area (Å²) in [6.07, 6.45) is 2.50. The molecule has 17 heavy (non-hydrogen) atoms. The Hall–Kier alpha value is -0.740. The summed E-state index contributed by atoms with van der Waals surface area (Å²) >= 11 is 3.50. The molecule has 1 aromatic rings. The Morgan fingerprint density at radius 1 is 1.35 bits per heavy atom. The summed E-state index contributed by atoms with van der Waals surface area (Å²) in [4.78, 5) is 2.34. The molecule has 2 N–H and O–H groups in total. The van der Waals surface area contributed by atoms with E-state index in [1.165, 1.54) is 0 Å². The van der Waals surface area contributed by atoms with Crippen LogP contribution in [0.2, 0.25) is 0 Å². The second-order valence-corrected chi connectivity index (χ2v) is 5.61. The molecule has 4 heteroatoms. The van der Waals surface area contributed by atoms with Gasteiger partial charge in [-0.15, -0.1) is 0 Å². The predicted octanol–water partition coefficient (Wildman–Crippen LogP) is 2.81. The van der Waals surface area contributed by atoms with Gasteiger partial charge in [0.05, 0.1) is 4.47 Å². The lowest BCUT2D eigenvalue weighted by atomic mass is 10.1. The molecule has 0 bridgehead atoms. The van der Waals surface area contributed by atoms with Crippen molar-refractivity contribution in [2.24, 2.45) is 0 Å². The molecule has 0 atom stereocenters. The zero-order valence-corrected chi connectivity index (χ0v) is 12.0. The third-order valence-corrected chi connectivity index (χ3v) is 3.90. The van der Waals surface area contributed by atoms with E-state index in [1.54, 1.807) is 0 Å². The van der Waals surface area contributed by atoms with Crippen molar-refractivity contribution in [3.63, 3.8) is 0 Å². The fourth-order valence-electron chi connectivity index (χ4n) is 2.04. The minimum atomic E-state index is 0.325. The monoisotopic (exact) mass is 298 g/mol. The minimum Gasteiger partial charge on any atom is -0.489 e. The molecule has 1 aliphatic rings. The first kappa shape index (κ1) is 12.7. The van der Waals surface area contributed by atoms with Crippen molar-refractivity contribution in [1.29, 1.82) is 0 Å². The van der Waals surface area contributed by atoms with Gasteiger partial charge < -0.3 is 15.4 Å². The molecule has 0 amide bonds. The highest BCUT2D eigenvalue weighted by Crippen LogP contribution is 2.31. The standard InChI is InChI=1S/C13H19BrN2O/c1-9-7-13(11(14)8-12(9)15)17-10-3-5-16(2)6-4-10/h7-8,10H,3-6,15H2,1-2H3. The van der Waals surface area contributed by atoms with Crippen molar-refractivity contribution < 1.29 is 4.74 Å². The Morgan fingerprint density at radius 2 is 2.00 bits per heavy atom. The van der Waals surface area contributed by atoms with Gasteiger partial charge in [0.25, 0.3) is 0 Å². The van der Waals surface area contributed by atoms with Crippen LogP contribution in [0.1, 0.15) is 18.4 Å². The van der Waals surface area contributed by atoms with Crippen molar-refractivity contribution in [1.82, 2.24) is 4.90 Å². The van der Waals surface area contributed by atoms with E-state index in [9.17, 15) is 0 Å². The Kier molecular flexibility index (Phi) is 3.94. The first-order valence-electron chi connectivity index (χ1n) is 5.97. The second-order valence-electron chi connectivity index (χ2n) is 4.76. The van der Waals surface area contributed by atoms with Crippen LogP contribution >= 0.6 is 15.9 Å². The largest absolute Gasteiger partial charge is 0.489 e. The van der Waals surface area contributed by atoms with Crippen LogP contribution in [0.15, 0.2) is 16.6 Å². The van der Waals surface area contributed by atoms with E-state index in [0.717, 1.165) is 47.4 Å². The molecule has 1 aromatic carbocycles. The molecule has 0 spiro atoms. The number of anilines is 1. The lowest BCUT2D eigenvalue weighted by molar-refractivity contribution is 0.113. The second kappa shape index (κ2) is 5.27. The summed E-state index contributed by atoms with van der Waals surface area (Å²) in [7, 11) is 2.15. The number of hydrogen-bond acceptors (Lipinski definition) is 3. The van der Waals surface area contributed by atoms with Crippen molar-refractivity contribution in [3.8, 4) is 5.75 Å². The molecule has 1 saturated heterocycles. The Labute approximate surface area is 111 Å². The molecule has 1 aliphatic heterocycles. The Balaban J connectivity index is 2.06. The number of rotatable bonds is 2. The van der Waals surface area contributed by atoms with Gasteiger partial charge in [-0.25, -0.2) is 0 Å². The lowest BCUT2D eigenvalue weighted by Crippen LogP contribution is -2.35. The maximum atomic E-state index is 6.04. The topological polar surface area (TPSA) is 38.5 Å². The summed E-state index contributed by atoms with van der Waals surface area (Å²) in [6, 6.07) is 3.93. The Bertz CT molecular complexity index is 401. The van der Waals surface area contributed by atoms with Gasteiger partial charge in [0.1, 0.15) is 11.9 Å². The number of aryl methyl sites for hydroxylation is 1. The number of nitrogens with two attached hydrogens (primary N) is 1. The van der Waals surface area contributed by atoms with Crippen LogP contribution in [-0.2, 0) is 0 Å². The Morgan fingerprint density at radius 3 is 2.65 bits per heavy atom. The first-order valence-corrected chi connectivity index (χ1v) is 6.76. The van der Waals surface area contributed by atoms with Crippen molar-refractivity contribution in [3.05, 3.63) is 22.2 Å². The molecule has 0 saturated carbocycles. The highest BCUT2D eigenvalue weighted by Gasteiger charge is 2.19. The zero-order chi connectivity index (χ0) is 12.4. The molecular formula is C13H19BrN2O. The predicted molar refractivity (Wildman–Crippen MR) is 74.4 cm³/mol. The van der Waals surface area contributed by atoms with Crippen LogP contribution in [0.3, 0.4) is 0 Å². The normalized spacial score (nSPS) is 18.3. The minimum absolute atomic E-state index is 0.325. The number of ether oxygens (including phenoxy) is 1. The fourth-order valence-corrected chi connectivity index (χ4v) is 2.50. The summed E-state index contributed by atoms with van der Waals surface area (Å²) < 4.78 is 6.99. The van der Waals surface area contributed by atoms with Crippen LogP contribution < -0.4 is 10.5 Å². The number of hydrogen-bond donors (Lipinski definition) is 1. The molecular weight excluding hydrogens is 280 g/mol. The smallest absolute Gasteiger partial charge is 0.134 e. The number of halogens is 1. The van der Waals surface area contributed by atoms with E-state index in [-0.39, 0.29) is 0 Å². The molecule has 2 rings (SSSR count). The molecule has 0 aromatic heterocycles. The summed E-state index contributed by atoms with van der Waals surface area (Å²) in [5.74, 6) is 0.909. The highest BCUT2D eigenvalue weighted by molar-refractivity contribution is 9.10. The molecule has 3 nitrogen and oxygen atoms in total. The summed E-state index contributed by atoms with van der Waals surface area (Å²) in [5.41, 5.74) is 7.71. The van der Waals surface area contributed by atoms with Crippen LogP contribution in [0.4, 0.5) is 5.69 Å². The summed E-state index contributed by atoms with van der Waals surface area (Å²) in [5, 5.41) is 0. The van der Waals surface area contributed by atoms with Gasteiger partial charge >= 0.3 is 0 Å². The van der Waals surface area contributed by atoms with E-state index in [0.29, 0.717) is 6.10 Å². The maximum Gasteiger partial charge on any atom is 0.134 e. The highest BCUT2D eigenvalue weighted by atomic mass is 79.9. The van der Waals surface area contributed by atoms with Crippen LogP contribution in [0.25, 0.3) is 0 Å². The molecule has 0 unspecified atom stereocenters. The fraction of sp³-hybridized carbons (Fsp3) is 0.538. The van der Waals surface area contributed by atoms with Gasteiger partial charge in [-0.2, -0.15) is 0 Å². The van der Waals surface area contributed by atoms with Crippen LogP contribution in [0, 0.1) is 6.92 Å². The third kappa shape index (κ3) is 3.13. The number of likely N-dealkylation sites (tertiary alicyclic amines) is 1. The zero-order valence-electron chi connectivity index (χ0n) is 10.4. The molecule has 0 radical (unpaired) electrons.